The van der Waals surface area contributed by atoms with Crippen molar-refractivity contribution in [2.24, 2.45) is 0 Å². The summed E-state index contributed by atoms with van der Waals surface area (Å²) >= 11 is 5.92. The SMILES string of the molecule is Cc1ccc(S(=O)(=O)[O-])cc1.O.O=C(CCC[NH+]1CCC(O)(c2ccc(Cl)cc2)CC1)c1ccc(F)cc1. The summed E-state index contributed by atoms with van der Waals surface area (Å²) < 4.78 is 44.1. The first kappa shape index (κ1) is 31.6. The molecule has 1 aliphatic rings. The fourth-order valence-electron chi connectivity index (χ4n) is 4.30. The second-order valence-electron chi connectivity index (χ2n) is 9.34. The first-order valence-corrected chi connectivity index (χ1v) is 13.9. The molecule has 0 radical (unpaired) electrons. The number of carbonyl (C=O) groups is 1. The van der Waals surface area contributed by atoms with Gasteiger partial charge in [-0.2, -0.15) is 0 Å². The average molecular weight is 566 g/mol. The zero-order chi connectivity index (χ0) is 27.1. The van der Waals surface area contributed by atoms with Gasteiger partial charge in [0.15, 0.2) is 5.78 Å². The van der Waals surface area contributed by atoms with E-state index in [4.69, 9.17) is 11.6 Å². The average Bonchev–Trinajstić information content (AvgIpc) is 2.86. The van der Waals surface area contributed by atoms with Gasteiger partial charge in [-0.15, -0.1) is 0 Å². The molecule has 0 atom stereocenters. The number of aryl methyl sites for hydroxylation is 1. The highest BCUT2D eigenvalue weighted by atomic mass is 35.5. The van der Waals surface area contributed by atoms with Crippen molar-refractivity contribution >= 4 is 27.5 Å². The number of aliphatic hydroxyl groups is 1. The molecule has 4 N–H and O–H groups in total. The summed E-state index contributed by atoms with van der Waals surface area (Å²) in [5, 5.41) is 11.6. The Labute approximate surface area is 227 Å². The lowest BCUT2D eigenvalue weighted by molar-refractivity contribution is -0.908. The molecule has 0 spiro atoms. The predicted octanol–water partition coefficient (Wildman–Crippen LogP) is 3.08. The molecule has 7 nitrogen and oxygen atoms in total. The largest absolute Gasteiger partial charge is 0.744 e. The quantitative estimate of drug-likeness (QED) is 0.336. The van der Waals surface area contributed by atoms with Crippen molar-refractivity contribution < 1.29 is 37.6 Å². The van der Waals surface area contributed by atoms with Crippen LogP contribution in [0.3, 0.4) is 0 Å². The zero-order valence-electron chi connectivity index (χ0n) is 21.1. The number of halogens is 2. The van der Waals surface area contributed by atoms with Gasteiger partial charge in [-0.25, -0.2) is 12.8 Å². The molecule has 1 heterocycles. The molecule has 3 aromatic carbocycles. The summed E-state index contributed by atoms with van der Waals surface area (Å²) in [6, 6.07) is 18.9. The van der Waals surface area contributed by atoms with Gasteiger partial charge in [0.1, 0.15) is 21.5 Å². The van der Waals surface area contributed by atoms with E-state index in [1.807, 2.05) is 31.2 Å². The van der Waals surface area contributed by atoms with E-state index < -0.39 is 15.7 Å². The second kappa shape index (κ2) is 13.9. The van der Waals surface area contributed by atoms with Crippen LogP contribution in [0.1, 0.15) is 47.2 Å². The Bertz CT molecular complexity index is 1270. The molecule has 4 rings (SSSR count). The van der Waals surface area contributed by atoms with E-state index in [2.05, 4.69) is 0 Å². The molecule has 1 saturated heterocycles. The topological polar surface area (TPSA) is 130 Å². The highest BCUT2D eigenvalue weighted by Crippen LogP contribution is 2.30. The molecule has 206 valence electrons. The number of benzene rings is 3. The number of nitrogens with one attached hydrogen (secondary N) is 1. The van der Waals surface area contributed by atoms with E-state index in [0.29, 0.717) is 29.8 Å². The minimum absolute atomic E-state index is 0. The highest BCUT2D eigenvalue weighted by molar-refractivity contribution is 7.85. The maximum Gasteiger partial charge on any atom is 0.163 e. The van der Waals surface area contributed by atoms with Crippen LogP contribution in [0.4, 0.5) is 4.39 Å². The highest BCUT2D eigenvalue weighted by Gasteiger charge is 2.35. The zero-order valence-corrected chi connectivity index (χ0v) is 22.7. The number of piperidine rings is 1. The smallest absolute Gasteiger partial charge is 0.163 e. The van der Waals surface area contributed by atoms with Crippen molar-refractivity contribution in [1.82, 2.24) is 0 Å². The van der Waals surface area contributed by atoms with Crippen molar-refractivity contribution in [2.75, 3.05) is 19.6 Å². The lowest BCUT2D eigenvalue weighted by Gasteiger charge is -2.36. The summed E-state index contributed by atoms with van der Waals surface area (Å²) in [6.07, 6.45) is 2.67. The van der Waals surface area contributed by atoms with Crippen molar-refractivity contribution in [3.63, 3.8) is 0 Å². The van der Waals surface area contributed by atoms with Crippen LogP contribution in [0.15, 0.2) is 77.7 Å². The summed E-state index contributed by atoms with van der Waals surface area (Å²) in [7, 11) is -4.27. The van der Waals surface area contributed by atoms with Gasteiger partial charge >= 0.3 is 0 Å². The Kier molecular flexibility index (Phi) is 11.6. The van der Waals surface area contributed by atoms with Gasteiger partial charge in [0.05, 0.1) is 24.5 Å². The van der Waals surface area contributed by atoms with Crippen LogP contribution in [-0.4, -0.2) is 49.0 Å². The normalized spacial score (nSPS) is 19.0. The number of hydrogen-bond donors (Lipinski definition) is 2. The Morgan fingerprint density at radius 1 is 1.00 bits per heavy atom. The molecular weight excluding hydrogens is 533 g/mol. The summed E-state index contributed by atoms with van der Waals surface area (Å²) in [6.45, 7) is 4.48. The van der Waals surface area contributed by atoms with E-state index in [-0.39, 0.29) is 22.0 Å². The number of Topliss-reactive ketones (excluding diaryl/α,β-unsaturated/α-hetero) is 1. The van der Waals surface area contributed by atoms with E-state index in [1.54, 1.807) is 12.1 Å². The van der Waals surface area contributed by atoms with Gasteiger partial charge in [-0.1, -0.05) is 41.4 Å². The molecule has 1 fully saturated rings. The van der Waals surface area contributed by atoms with Crippen LogP contribution in [0.25, 0.3) is 0 Å². The predicted molar refractivity (Wildman–Crippen MR) is 143 cm³/mol. The molecule has 0 amide bonds. The van der Waals surface area contributed by atoms with Crippen LogP contribution in [0.5, 0.6) is 0 Å². The first-order chi connectivity index (χ1) is 17.5. The van der Waals surface area contributed by atoms with Gasteiger partial charge in [0.2, 0.25) is 0 Å². The molecule has 0 unspecified atom stereocenters. The molecule has 3 aromatic rings. The van der Waals surface area contributed by atoms with E-state index in [1.165, 1.54) is 41.3 Å². The van der Waals surface area contributed by atoms with Crippen molar-refractivity contribution in [3.8, 4) is 0 Å². The second-order valence-corrected chi connectivity index (χ2v) is 11.2. The monoisotopic (exact) mass is 565 g/mol. The van der Waals surface area contributed by atoms with Crippen LogP contribution >= 0.6 is 11.6 Å². The maximum absolute atomic E-state index is 12.9. The van der Waals surface area contributed by atoms with Gasteiger partial charge in [-0.3, -0.25) is 4.79 Å². The van der Waals surface area contributed by atoms with Crippen LogP contribution in [0, 0.1) is 12.7 Å². The molecule has 10 heteroatoms. The van der Waals surface area contributed by atoms with E-state index in [9.17, 15) is 27.3 Å². The van der Waals surface area contributed by atoms with Crippen LogP contribution in [0.2, 0.25) is 5.02 Å². The summed E-state index contributed by atoms with van der Waals surface area (Å²) in [5.41, 5.74) is 1.64. The third-order valence-electron chi connectivity index (χ3n) is 6.58. The summed E-state index contributed by atoms with van der Waals surface area (Å²) in [4.78, 5) is 13.4. The number of likely N-dealkylation sites (tertiary alicyclic amines) is 1. The molecule has 1 aliphatic heterocycles. The number of carbonyl (C=O) groups excluding carboxylic acids is 1. The van der Waals surface area contributed by atoms with Crippen molar-refractivity contribution in [1.29, 1.82) is 0 Å². The maximum atomic E-state index is 12.9. The lowest BCUT2D eigenvalue weighted by atomic mass is 9.84. The first-order valence-electron chi connectivity index (χ1n) is 12.1. The third-order valence-corrected chi connectivity index (χ3v) is 7.68. The minimum Gasteiger partial charge on any atom is -0.744 e. The van der Waals surface area contributed by atoms with Gasteiger partial charge in [0.25, 0.3) is 0 Å². The van der Waals surface area contributed by atoms with Crippen molar-refractivity contribution in [2.45, 2.75) is 43.1 Å². The van der Waals surface area contributed by atoms with Crippen LogP contribution in [-0.2, 0) is 15.7 Å². The molecule has 0 bridgehead atoms. The standard InChI is InChI=1S/C21H23ClFNO2.C7H8O3S.H2O/c22-18-7-5-17(6-8-18)21(26)11-14-24(15-12-21)13-1-2-20(25)16-3-9-19(23)10-4-16;1-6-2-4-7(5-3-6)11(8,9)10;/h3-10,26H,1-2,11-15H2;2-5H,1H3,(H,8,9,10);1H2. The Balaban J connectivity index is 0.000000356. The molecule has 0 aliphatic carbocycles. The van der Waals surface area contributed by atoms with Gasteiger partial charge in [-0.05, 0) is 61.0 Å². The van der Waals surface area contributed by atoms with Crippen molar-refractivity contribution in [3.05, 3.63) is 100 Å². The Morgan fingerprint density at radius 2 is 1.55 bits per heavy atom. The Morgan fingerprint density at radius 3 is 2.08 bits per heavy atom. The van der Waals surface area contributed by atoms with E-state index >= 15 is 0 Å². The van der Waals surface area contributed by atoms with Crippen LogP contribution < -0.4 is 4.90 Å². The number of rotatable bonds is 7. The third kappa shape index (κ3) is 9.27. The number of ketones is 1. The van der Waals surface area contributed by atoms with E-state index in [0.717, 1.165) is 37.2 Å². The molecular formula is C28H33ClFNO6S. The molecule has 0 aromatic heterocycles. The summed E-state index contributed by atoms with van der Waals surface area (Å²) in [5.74, 6) is -0.272. The number of quaternary nitrogens is 1. The molecule has 0 saturated carbocycles. The fraction of sp³-hybridized carbons (Fsp3) is 0.321. The van der Waals surface area contributed by atoms with Gasteiger partial charge < -0.3 is 20.0 Å². The minimum atomic E-state index is -4.27. The number of hydrogen-bond acceptors (Lipinski definition) is 5. The Hall–Kier alpha value is -2.66. The van der Waals surface area contributed by atoms with Gasteiger partial charge in [0, 0.05) is 36.3 Å². The fourth-order valence-corrected chi connectivity index (χ4v) is 4.90. The molecule has 38 heavy (non-hydrogen) atoms. The lowest BCUT2D eigenvalue weighted by Crippen LogP contribution is -3.13.